The molecule has 2 nitrogen and oxygen atoms in total. The van der Waals surface area contributed by atoms with Crippen LogP contribution in [0.3, 0.4) is 0 Å². The van der Waals surface area contributed by atoms with Gasteiger partial charge in [0.25, 0.3) is 0 Å². The van der Waals surface area contributed by atoms with Crippen molar-refractivity contribution in [3.05, 3.63) is 71.8 Å². The quantitative estimate of drug-likeness (QED) is 0.697. The number of hydrogen-bond donors (Lipinski definition) is 1. The smallest absolute Gasteiger partial charge is 0.0998 e. The van der Waals surface area contributed by atoms with Gasteiger partial charge in [-0.05, 0) is 30.3 Å². The zero-order valence-electron chi connectivity index (χ0n) is 11.3. The molecule has 3 aromatic carbocycles. The van der Waals surface area contributed by atoms with Crippen molar-refractivity contribution in [3.8, 4) is 18.4 Å². The van der Waals surface area contributed by atoms with Crippen molar-refractivity contribution in [3.63, 3.8) is 0 Å². The normalized spacial score (nSPS) is 9.81. The molecule has 2 heteroatoms. The Balaban J connectivity index is 2.10. The van der Waals surface area contributed by atoms with Gasteiger partial charge in [0, 0.05) is 27.7 Å². The fraction of sp³-hybridized carbons (Fsp3) is 0. The lowest BCUT2D eigenvalue weighted by Gasteiger charge is -2.11. The van der Waals surface area contributed by atoms with E-state index >= 15 is 0 Å². The van der Waals surface area contributed by atoms with E-state index in [0.29, 0.717) is 5.56 Å². The number of nitrogens with one attached hydrogen (secondary N) is 1. The standard InChI is InChI=1S/C19H12N2/c1-2-14-6-5-7-16(12-14)21-19-11-10-15(13-20)17-8-3-4-9-18(17)19/h1,3-12,21H. The first-order chi connectivity index (χ1) is 10.3. The lowest BCUT2D eigenvalue weighted by Crippen LogP contribution is -1.93. The van der Waals surface area contributed by atoms with Gasteiger partial charge in [-0.15, -0.1) is 6.42 Å². The van der Waals surface area contributed by atoms with Crippen molar-refractivity contribution >= 4 is 22.1 Å². The lowest BCUT2D eigenvalue weighted by atomic mass is 10.0. The van der Waals surface area contributed by atoms with E-state index in [-0.39, 0.29) is 0 Å². The highest BCUT2D eigenvalue weighted by Crippen LogP contribution is 2.29. The van der Waals surface area contributed by atoms with E-state index in [4.69, 9.17) is 6.42 Å². The molecule has 0 heterocycles. The molecule has 0 aliphatic carbocycles. The second kappa shape index (κ2) is 5.41. The summed E-state index contributed by atoms with van der Waals surface area (Å²) in [5.41, 5.74) is 3.39. The van der Waals surface area contributed by atoms with Gasteiger partial charge in [0.1, 0.15) is 0 Å². The van der Waals surface area contributed by atoms with E-state index in [2.05, 4.69) is 17.3 Å². The summed E-state index contributed by atoms with van der Waals surface area (Å²) in [5, 5.41) is 14.5. The first kappa shape index (κ1) is 12.8. The summed E-state index contributed by atoms with van der Waals surface area (Å²) in [7, 11) is 0. The number of nitrogens with zero attached hydrogens (tertiary/aromatic N) is 1. The molecule has 21 heavy (non-hydrogen) atoms. The molecule has 0 spiro atoms. The molecule has 0 unspecified atom stereocenters. The first-order valence-corrected chi connectivity index (χ1v) is 6.57. The Morgan fingerprint density at radius 3 is 2.48 bits per heavy atom. The van der Waals surface area contributed by atoms with Crippen LogP contribution in [-0.2, 0) is 0 Å². The first-order valence-electron chi connectivity index (χ1n) is 6.57. The minimum atomic E-state index is 0.675. The van der Waals surface area contributed by atoms with Crippen LogP contribution in [0, 0.1) is 23.7 Å². The number of terminal acetylenes is 1. The van der Waals surface area contributed by atoms with Gasteiger partial charge in [-0.2, -0.15) is 5.26 Å². The molecule has 0 radical (unpaired) electrons. The summed E-state index contributed by atoms with van der Waals surface area (Å²) in [5.74, 6) is 2.63. The van der Waals surface area contributed by atoms with Crippen molar-refractivity contribution < 1.29 is 0 Å². The number of hydrogen-bond acceptors (Lipinski definition) is 2. The molecule has 0 atom stereocenters. The topological polar surface area (TPSA) is 35.8 Å². The number of fused-ring (bicyclic) bond motifs is 1. The van der Waals surface area contributed by atoms with E-state index in [1.165, 1.54) is 0 Å². The van der Waals surface area contributed by atoms with Crippen molar-refractivity contribution in [2.75, 3.05) is 5.32 Å². The zero-order valence-corrected chi connectivity index (χ0v) is 11.3. The maximum Gasteiger partial charge on any atom is 0.0998 e. The molecule has 0 fully saturated rings. The molecule has 0 aromatic heterocycles. The van der Waals surface area contributed by atoms with Gasteiger partial charge in [0.05, 0.1) is 11.6 Å². The van der Waals surface area contributed by atoms with E-state index in [1.807, 2.05) is 60.7 Å². The number of benzene rings is 3. The second-order valence-corrected chi connectivity index (χ2v) is 4.67. The number of anilines is 2. The minimum Gasteiger partial charge on any atom is -0.355 e. The molecule has 0 bridgehead atoms. The molecular formula is C19H12N2. The molecule has 98 valence electrons. The third-order valence-corrected chi connectivity index (χ3v) is 3.35. The average Bonchev–Trinajstić information content (AvgIpc) is 2.55. The maximum absolute atomic E-state index is 9.19. The van der Waals surface area contributed by atoms with Crippen LogP contribution in [0.5, 0.6) is 0 Å². The Hall–Kier alpha value is -3.23. The van der Waals surface area contributed by atoms with Crippen molar-refractivity contribution in [2.45, 2.75) is 0 Å². The minimum absolute atomic E-state index is 0.675. The molecule has 3 rings (SSSR count). The van der Waals surface area contributed by atoms with Gasteiger partial charge in [0.2, 0.25) is 0 Å². The Kier molecular flexibility index (Phi) is 3.29. The summed E-state index contributed by atoms with van der Waals surface area (Å²) >= 11 is 0. The highest BCUT2D eigenvalue weighted by Gasteiger charge is 2.05. The summed E-state index contributed by atoms with van der Waals surface area (Å²) in [4.78, 5) is 0. The van der Waals surface area contributed by atoms with Crippen molar-refractivity contribution in [1.82, 2.24) is 0 Å². The largest absolute Gasteiger partial charge is 0.355 e. The summed E-state index contributed by atoms with van der Waals surface area (Å²) in [6.07, 6.45) is 5.43. The summed E-state index contributed by atoms with van der Waals surface area (Å²) in [6, 6.07) is 21.5. The van der Waals surface area contributed by atoms with Crippen LogP contribution in [0.4, 0.5) is 11.4 Å². The molecule has 0 amide bonds. The van der Waals surface area contributed by atoms with Crippen LogP contribution in [0.1, 0.15) is 11.1 Å². The molecule has 0 saturated heterocycles. The maximum atomic E-state index is 9.19. The molecule has 0 saturated carbocycles. The van der Waals surface area contributed by atoms with E-state index in [0.717, 1.165) is 27.7 Å². The summed E-state index contributed by atoms with van der Waals surface area (Å²) < 4.78 is 0. The van der Waals surface area contributed by atoms with Crippen LogP contribution in [-0.4, -0.2) is 0 Å². The van der Waals surface area contributed by atoms with Gasteiger partial charge in [0.15, 0.2) is 0 Å². The Morgan fingerprint density at radius 1 is 0.905 bits per heavy atom. The Labute approximate surface area is 123 Å². The Bertz CT molecular complexity index is 895. The zero-order chi connectivity index (χ0) is 14.7. The van der Waals surface area contributed by atoms with Gasteiger partial charge in [-0.25, -0.2) is 0 Å². The van der Waals surface area contributed by atoms with E-state index in [1.54, 1.807) is 0 Å². The van der Waals surface area contributed by atoms with Crippen LogP contribution in [0.15, 0.2) is 60.7 Å². The third kappa shape index (κ3) is 2.43. The average molecular weight is 268 g/mol. The van der Waals surface area contributed by atoms with Crippen molar-refractivity contribution in [2.24, 2.45) is 0 Å². The highest BCUT2D eigenvalue weighted by atomic mass is 14.9. The fourth-order valence-electron chi connectivity index (χ4n) is 2.35. The predicted molar refractivity (Wildman–Crippen MR) is 86.3 cm³/mol. The SMILES string of the molecule is C#Cc1cccc(Nc2ccc(C#N)c3ccccc23)c1. The van der Waals surface area contributed by atoms with Gasteiger partial charge in [-0.1, -0.05) is 36.3 Å². The van der Waals surface area contributed by atoms with Crippen LogP contribution in [0.25, 0.3) is 10.8 Å². The lowest BCUT2D eigenvalue weighted by molar-refractivity contribution is 1.50. The van der Waals surface area contributed by atoms with E-state index in [9.17, 15) is 5.26 Å². The molecule has 0 aliphatic heterocycles. The number of rotatable bonds is 2. The molecule has 3 aromatic rings. The fourth-order valence-corrected chi connectivity index (χ4v) is 2.35. The van der Waals surface area contributed by atoms with Gasteiger partial charge < -0.3 is 5.32 Å². The molecule has 1 N–H and O–H groups in total. The monoisotopic (exact) mass is 268 g/mol. The highest BCUT2D eigenvalue weighted by molar-refractivity contribution is 5.98. The van der Waals surface area contributed by atoms with E-state index < -0.39 is 0 Å². The molecular weight excluding hydrogens is 256 g/mol. The Morgan fingerprint density at radius 2 is 1.71 bits per heavy atom. The van der Waals surface area contributed by atoms with Gasteiger partial charge >= 0.3 is 0 Å². The number of nitriles is 1. The van der Waals surface area contributed by atoms with Gasteiger partial charge in [-0.3, -0.25) is 0 Å². The van der Waals surface area contributed by atoms with Crippen molar-refractivity contribution in [1.29, 1.82) is 5.26 Å². The van der Waals surface area contributed by atoms with Crippen LogP contribution < -0.4 is 5.32 Å². The summed E-state index contributed by atoms with van der Waals surface area (Å²) in [6.45, 7) is 0. The predicted octanol–water partition coefficient (Wildman–Crippen LogP) is 4.44. The van der Waals surface area contributed by atoms with Crippen LogP contribution >= 0.6 is 0 Å². The second-order valence-electron chi connectivity index (χ2n) is 4.67. The molecule has 0 aliphatic rings. The van der Waals surface area contributed by atoms with Crippen LogP contribution in [0.2, 0.25) is 0 Å². The third-order valence-electron chi connectivity index (χ3n) is 3.35.